The molecule has 3 aromatic carbocycles. The van der Waals surface area contributed by atoms with Crippen molar-refractivity contribution >= 4 is 48.1 Å². The van der Waals surface area contributed by atoms with Gasteiger partial charge in [0.2, 0.25) is 5.91 Å². The Bertz CT molecular complexity index is 1250. The molecule has 0 radical (unpaired) electrons. The van der Waals surface area contributed by atoms with E-state index in [1.807, 2.05) is 66.4 Å². The number of anilines is 2. The smallest absolute Gasteiger partial charge is 0.339 e. The topological polar surface area (TPSA) is 53.1 Å². The molecule has 2 aliphatic rings. The summed E-state index contributed by atoms with van der Waals surface area (Å²) in [6, 6.07) is 26.1. The Kier molecular flexibility index (Phi) is 9.82. The lowest BCUT2D eigenvalue weighted by Crippen LogP contribution is -2.49. The Labute approximate surface area is 237 Å². The number of ether oxygens (including phenoxy) is 1. The van der Waals surface area contributed by atoms with Crippen LogP contribution in [0.25, 0.3) is 0 Å². The minimum atomic E-state index is -0.678. The van der Waals surface area contributed by atoms with Crippen molar-refractivity contribution in [1.82, 2.24) is 4.90 Å². The van der Waals surface area contributed by atoms with Crippen LogP contribution >= 0.6 is 24.8 Å². The van der Waals surface area contributed by atoms with Crippen LogP contribution in [0.15, 0.2) is 78.9 Å². The molecule has 0 aromatic heterocycles. The van der Waals surface area contributed by atoms with Crippen LogP contribution in [-0.2, 0) is 14.9 Å². The Morgan fingerprint density at radius 1 is 0.842 bits per heavy atom. The number of carbonyl (C=O) groups is 2. The lowest BCUT2D eigenvalue weighted by atomic mass is 9.72. The number of hydrogen-bond acceptors (Lipinski definition) is 5. The molecule has 1 unspecified atom stereocenters. The summed E-state index contributed by atoms with van der Waals surface area (Å²) in [5, 5.41) is 0. The molecule has 2 heterocycles. The maximum atomic E-state index is 14.0. The molecule has 0 aliphatic carbocycles. The van der Waals surface area contributed by atoms with Crippen LogP contribution in [0.1, 0.15) is 34.8 Å². The highest BCUT2D eigenvalue weighted by Gasteiger charge is 2.51. The van der Waals surface area contributed by atoms with E-state index in [0.29, 0.717) is 12.1 Å². The number of rotatable bonds is 7. The minimum absolute atomic E-state index is 0. The van der Waals surface area contributed by atoms with Crippen LogP contribution in [-0.4, -0.2) is 63.2 Å². The standard InChI is InChI=1S/C30H33N3O3.2ClH/c1-3-33-27-16-10-8-14-25(27)30(29(33)35,23-11-5-4-6-12-23)17-18-31-19-21-32(22-20-31)26-15-9-7-13-24(26)28(34)36-2;;/h4-16H,3,17-22H2,1-2H3;2*1H. The third-order valence-corrected chi connectivity index (χ3v) is 7.67. The van der Waals surface area contributed by atoms with Gasteiger partial charge in [0, 0.05) is 38.4 Å². The van der Waals surface area contributed by atoms with Crippen molar-refractivity contribution < 1.29 is 14.3 Å². The zero-order valence-corrected chi connectivity index (χ0v) is 23.5. The third-order valence-electron chi connectivity index (χ3n) is 7.67. The Morgan fingerprint density at radius 3 is 2.11 bits per heavy atom. The number of nitrogens with zero attached hydrogens (tertiary/aromatic N) is 3. The van der Waals surface area contributed by atoms with Crippen molar-refractivity contribution in [3.63, 3.8) is 0 Å². The first-order chi connectivity index (χ1) is 17.6. The van der Waals surface area contributed by atoms with Crippen LogP contribution in [0, 0.1) is 0 Å². The number of methoxy groups -OCH3 is 1. The van der Waals surface area contributed by atoms with Crippen LogP contribution in [0.4, 0.5) is 11.4 Å². The number of piperazine rings is 1. The number of amides is 1. The molecule has 0 N–H and O–H groups in total. The van der Waals surface area contributed by atoms with Gasteiger partial charge < -0.3 is 14.5 Å². The van der Waals surface area contributed by atoms with Crippen molar-refractivity contribution in [2.45, 2.75) is 18.8 Å². The second kappa shape index (κ2) is 12.7. The fourth-order valence-corrected chi connectivity index (χ4v) is 5.80. The van der Waals surface area contributed by atoms with E-state index < -0.39 is 5.41 Å². The Balaban J connectivity index is 0.00000200. The first kappa shape index (κ1) is 29.5. The van der Waals surface area contributed by atoms with Gasteiger partial charge in [0.25, 0.3) is 0 Å². The van der Waals surface area contributed by atoms with Gasteiger partial charge in [-0.15, -0.1) is 24.8 Å². The molecule has 202 valence electrons. The lowest BCUT2D eigenvalue weighted by molar-refractivity contribution is -0.122. The zero-order valence-electron chi connectivity index (χ0n) is 21.8. The molecule has 1 saturated heterocycles. The quantitative estimate of drug-likeness (QED) is 0.376. The van der Waals surface area contributed by atoms with Gasteiger partial charge in [-0.2, -0.15) is 0 Å². The molecule has 1 amide bonds. The third kappa shape index (κ3) is 5.13. The number of likely N-dealkylation sites (N-methyl/N-ethyl adjacent to an activating group) is 1. The highest BCUT2D eigenvalue weighted by Crippen LogP contribution is 2.48. The summed E-state index contributed by atoms with van der Waals surface area (Å²) in [6.07, 6.45) is 0.724. The predicted molar refractivity (Wildman–Crippen MR) is 157 cm³/mol. The Hall–Kier alpha value is -3.06. The molecule has 6 nitrogen and oxygen atoms in total. The summed E-state index contributed by atoms with van der Waals surface area (Å²) in [5.74, 6) is -0.139. The summed E-state index contributed by atoms with van der Waals surface area (Å²) in [4.78, 5) is 32.9. The average Bonchev–Trinajstić information content (AvgIpc) is 3.19. The van der Waals surface area contributed by atoms with E-state index in [0.717, 1.165) is 61.6 Å². The monoisotopic (exact) mass is 555 g/mol. The maximum absolute atomic E-state index is 14.0. The first-order valence-corrected chi connectivity index (χ1v) is 12.7. The maximum Gasteiger partial charge on any atom is 0.339 e. The predicted octanol–water partition coefficient (Wildman–Crippen LogP) is 5.18. The minimum Gasteiger partial charge on any atom is -0.465 e. The van der Waals surface area contributed by atoms with Crippen molar-refractivity contribution in [3.8, 4) is 0 Å². The Morgan fingerprint density at radius 2 is 1.45 bits per heavy atom. The second-order valence-electron chi connectivity index (χ2n) is 9.43. The van der Waals surface area contributed by atoms with Gasteiger partial charge in [0.05, 0.1) is 18.4 Å². The van der Waals surface area contributed by atoms with Gasteiger partial charge in [0.1, 0.15) is 5.41 Å². The van der Waals surface area contributed by atoms with Crippen LogP contribution in [0.5, 0.6) is 0 Å². The van der Waals surface area contributed by atoms with Gasteiger partial charge in [-0.1, -0.05) is 60.7 Å². The normalized spacial score (nSPS) is 18.8. The van der Waals surface area contributed by atoms with Crippen molar-refractivity contribution in [3.05, 3.63) is 95.6 Å². The van der Waals surface area contributed by atoms with E-state index in [1.165, 1.54) is 7.11 Å². The van der Waals surface area contributed by atoms with Crippen LogP contribution in [0.2, 0.25) is 0 Å². The molecule has 0 spiro atoms. The van der Waals surface area contributed by atoms with E-state index >= 15 is 0 Å². The second-order valence-corrected chi connectivity index (χ2v) is 9.43. The molecule has 3 aromatic rings. The van der Waals surface area contributed by atoms with Crippen molar-refractivity contribution in [1.29, 1.82) is 0 Å². The molecule has 1 atom stereocenters. The zero-order chi connectivity index (χ0) is 25.1. The van der Waals surface area contributed by atoms with Crippen molar-refractivity contribution in [2.75, 3.05) is 56.2 Å². The summed E-state index contributed by atoms with van der Waals surface area (Å²) >= 11 is 0. The summed E-state index contributed by atoms with van der Waals surface area (Å²) < 4.78 is 4.98. The van der Waals surface area contributed by atoms with E-state index in [-0.39, 0.29) is 36.7 Å². The molecule has 8 heteroatoms. The number of halogens is 2. The molecule has 38 heavy (non-hydrogen) atoms. The van der Waals surface area contributed by atoms with Gasteiger partial charge in [-0.3, -0.25) is 9.69 Å². The van der Waals surface area contributed by atoms with Gasteiger partial charge in [-0.25, -0.2) is 4.79 Å². The van der Waals surface area contributed by atoms with Gasteiger partial charge >= 0.3 is 5.97 Å². The van der Waals surface area contributed by atoms with Crippen molar-refractivity contribution in [2.24, 2.45) is 0 Å². The number of para-hydroxylation sites is 2. The number of carbonyl (C=O) groups excluding carboxylic acids is 2. The summed E-state index contributed by atoms with van der Waals surface area (Å²) in [6.45, 7) is 6.89. The number of hydrogen-bond donors (Lipinski definition) is 0. The highest BCUT2D eigenvalue weighted by molar-refractivity contribution is 6.10. The van der Waals surface area contributed by atoms with E-state index in [4.69, 9.17) is 4.74 Å². The molecule has 0 saturated carbocycles. The molecule has 1 fully saturated rings. The SMILES string of the molecule is CCN1C(=O)C(CCN2CCN(c3ccccc3C(=O)OC)CC2)(c2ccccc2)c2ccccc21.Cl.Cl. The highest BCUT2D eigenvalue weighted by atomic mass is 35.5. The van der Waals surface area contributed by atoms with Gasteiger partial charge in [0.15, 0.2) is 0 Å². The van der Waals surface area contributed by atoms with E-state index in [1.54, 1.807) is 0 Å². The molecular weight excluding hydrogens is 521 g/mol. The number of benzene rings is 3. The van der Waals surface area contributed by atoms with E-state index in [2.05, 4.69) is 34.1 Å². The molecule has 2 aliphatic heterocycles. The number of fused-ring (bicyclic) bond motifs is 1. The molecule has 5 rings (SSSR count). The number of esters is 1. The molecule has 0 bridgehead atoms. The van der Waals surface area contributed by atoms with E-state index in [9.17, 15) is 9.59 Å². The van der Waals surface area contributed by atoms with Gasteiger partial charge in [-0.05, 0) is 49.2 Å². The molecular formula is C30H35Cl2N3O3. The first-order valence-electron chi connectivity index (χ1n) is 12.7. The fraction of sp³-hybridized carbons (Fsp3) is 0.333. The van der Waals surface area contributed by atoms with Crippen LogP contribution < -0.4 is 9.80 Å². The summed E-state index contributed by atoms with van der Waals surface area (Å²) in [5.41, 5.74) is 4.03. The van der Waals surface area contributed by atoms with Crippen LogP contribution in [0.3, 0.4) is 0 Å². The fourth-order valence-electron chi connectivity index (χ4n) is 5.80. The lowest BCUT2D eigenvalue weighted by Gasteiger charge is -2.38. The summed E-state index contributed by atoms with van der Waals surface area (Å²) in [7, 11) is 1.42. The average molecular weight is 557 g/mol. The largest absolute Gasteiger partial charge is 0.465 e.